The molecule has 2 bridgehead atoms. The van der Waals surface area contributed by atoms with Crippen LogP contribution in [-0.2, 0) is 23.9 Å². The molecule has 3 heterocycles. The van der Waals surface area contributed by atoms with E-state index in [4.69, 9.17) is 9.47 Å². The summed E-state index contributed by atoms with van der Waals surface area (Å²) in [6.07, 6.45) is 1.14. The molecule has 1 aromatic carbocycles. The summed E-state index contributed by atoms with van der Waals surface area (Å²) < 4.78 is 11.6. The van der Waals surface area contributed by atoms with E-state index in [2.05, 4.69) is 5.32 Å². The number of rotatable bonds is 7. The summed E-state index contributed by atoms with van der Waals surface area (Å²) in [5.41, 5.74) is 1.44. The van der Waals surface area contributed by atoms with Crippen molar-refractivity contribution in [2.24, 2.45) is 11.8 Å². The Bertz CT molecular complexity index is 909. The molecule has 174 valence electrons. The first kappa shape index (κ1) is 22.7. The standard InChI is InChI=1S/C24H32N2O6/c1-5-15(12-27)26-20(21(28)25-19-13(3)8-7-9-14(19)4)24-11-10-16(32-24)17(18(24)22(26)29)23(30)31-6-2/h7-9,15-18,20,27H,5-6,10-12H2,1-4H3,(H,25,28)/t15-,16+,17-,18-,20?,24?/m0/s1. The molecule has 8 heteroatoms. The van der Waals surface area contributed by atoms with Crippen LogP contribution in [0.5, 0.6) is 0 Å². The highest BCUT2D eigenvalue weighted by Gasteiger charge is 2.75. The molecule has 0 saturated carbocycles. The molecule has 6 atom stereocenters. The Morgan fingerprint density at radius 3 is 2.59 bits per heavy atom. The number of likely N-dealkylation sites (tertiary alicyclic amines) is 1. The Balaban J connectivity index is 1.76. The van der Waals surface area contributed by atoms with Crippen molar-refractivity contribution in [3.05, 3.63) is 29.3 Å². The average molecular weight is 445 g/mol. The number of carbonyl (C=O) groups excluding carboxylic acids is 3. The fourth-order valence-corrected chi connectivity index (χ4v) is 5.91. The summed E-state index contributed by atoms with van der Waals surface area (Å²) in [6.45, 7) is 7.36. The number of fused-ring (bicyclic) bond motifs is 1. The van der Waals surface area contributed by atoms with Crippen molar-refractivity contribution in [2.75, 3.05) is 18.5 Å². The summed E-state index contributed by atoms with van der Waals surface area (Å²) in [7, 11) is 0. The number of carbonyl (C=O) groups is 3. The van der Waals surface area contributed by atoms with Crippen molar-refractivity contribution in [1.29, 1.82) is 0 Å². The van der Waals surface area contributed by atoms with E-state index < -0.39 is 41.6 Å². The molecule has 0 aliphatic carbocycles. The number of aliphatic hydroxyl groups excluding tert-OH is 1. The number of anilines is 1. The van der Waals surface area contributed by atoms with Crippen LogP contribution < -0.4 is 5.32 Å². The van der Waals surface area contributed by atoms with Crippen molar-refractivity contribution in [3.63, 3.8) is 0 Å². The third kappa shape index (κ3) is 3.23. The van der Waals surface area contributed by atoms with E-state index in [-0.39, 0.29) is 25.0 Å². The molecule has 4 rings (SSSR count). The Morgan fingerprint density at radius 2 is 2.00 bits per heavy atom. The number of aryl methyl sites for hydroxylation is 2. The highest BCUT2D eigenvalue weighted by Crippen LogP contribution is 2.59. The maximum atomic E-state index is 13.8. The molecular formula is C24H32N2O6. The van der Waals surface area contributed by atoms with Crippen LogP contribution in [0.1, 0.15) is 44.2 Å². The smallest absolute Gasteiger partial charge is 0.312 e. The summed E-state index contributed by atoms with van der Waals surface area (Å²) in [6, 6.07) is 4.28. The molecule has 3 fully saturated rings. The summed E-state index contributed by atoms with van der Waals surface area (Å²) in [5.74, 6) is -2.63. The van der Waals surface area contributed by atoms with Crippen LogP contribution in [0.3, 0.4) is 0 Å². The minimum atomic E-state index is -1.09. The first-order valence-corrected chi connectivity index (χ1v) is 11.4. The van der Waals surface area contributed by atoms with Gasteiger partial charge in [0.15, 0.2) is 0 Å². The molecule has 32 heavy (non-hydrogen) atoms. The van der Waals surface area contributed by atoms with Gasteiger partial charge in [0.25, 0.3) is 0 Å². The second-order valence-electron chi connectivity index (χ2n) is 9.05. The van der Waals surface area contributed by atoms with Crippen molar-refractivity contribution in [3.8, 4) is 0 Å². The van der Waals surface area contributed by atoms with E-state index in [0.717, 1.165) is 11.1 Å². The fourth-order valence-electron chi connectivity index (χ4n) is 5.91. The third-order valence-electron chi connectivity index (χ3n) is 7.35. The molecule has 3 saturated heterocycles. The van der Waals surface area contributed by atoms with Crippen LogP contribution in [0.15, 0.2) is 18.2 Å². The van der Waals surface area contributed by atoms with E-state index in [1.165, 1.54) is 4.90 Å². The normalized spacial score (nSPS) is 31.5. The lowest BCUT2D eigenvalue weighted by molar-refractivity contribution is -0.155. The van der Waals surface area contributed by atoms with E-state index in [1.54, 1.807) is 6.92 Å². The summed E-state index contributed by atoms with van der Waals surface area (Å²) in [5, 5.41) is 13.0. The first-order valence-electron chi connectivity index (χ1n) is 11.4. The summed E-state index contributed by atoms with van der Waals surface area (Å²) in [4.78, 5) is 41.7. The molecule has 8 nitrogen and oxygen atoms in total. The van der Waals surface area contributed by atoms with Gasteiger partial charge in [-0.1, -0.05) is 25.1 Å². The quantitative estimate of drug-likeness (QED) is 0.623. The van der Waals surface area contributed by atoms with Crippen LogP contribution in [0.2, 0.25) is 0 Å². The van der Waals surface area contributed by atoms with Gasteiger partial charge in [0.2, 0.25) is 11.8 Å². The number of para-hydroxylation sites is 1. The Labute approximate surface area is 188 Å². The zero-order valence-electron chi connectivity index (χ0n) is 19.1. The van der Waals surface area contributed by atoms with E-state index in [0.29, 0.717) is 24.9 Å². The fraction of sp³-hybridized carbons (Fsp3) is 0.625. The van der Waals surface area contributed by atoms with Crippen molar-refractivity contribution < 1.29 is 29.0 Å². The van der Waals surface area contributed by atoms with Crippen molar-refractivity contribution >= 4 is 23.5 Å². The molecule has 2 unspecified atom stereocenters. The Kier molecular flexibility index (Phi) is 6.02. The highest BCUT2D eigenvalue weighted by atomic mass is 16.6. The monoisotopic (exact) mass is 444 g/mol. The molecule has 0 radical (unpaired) electrons. The topological polar surface area (TPSA) is 105 Å². The molecular weight excluding hydrogens is 412 g/mol. The number of nitrogens with zero attached hydrogens (tertiary/aromatic N) is 1. The molecule has 3 aliphatic heterocycles. The van der Waals surface area contributed by atoms with Crippen LogP contribution in [0.25, 0.3) is 0 Å². The molecule has 3 aliphatic rings. The minimum Gasteiger partial charge on any atom is -0.466 e. The van der Waals surface area contributed by atoms with Gasteiger partial charge in [0, 0.05) is 5.69 Å². The van der Waals surface area contributed by atoms with Crippen LogP contribution in [0, 0.1) is 25.7 Å². The van der Waals surface area contributed by atoms with Gasteiger partial charge in [-0.3, -0.25) is 14.4 Å². The van der Waals surface area contributed by atoms with Gasteiger partial charge < -0.3 is 24.8 Å². The Morgan fingerprint density at radius 1 is 1.31 bits per heavy atom. The van der Waals surface area contributed by atoms with Gasteiger partial charge in [0.1, 0.15) is 11.6 Å². The zero-order chi connectivity index (χ0) is 23.2. The zero-order valence-corrected chi connectivity index (χ0v) is 19.1. The molecule has 2 N–H and O–H groups in total. The number of esters is 1. The molecule has 1 aromatic rings. The average Bonchev–Trinajstić information content (AvgIpc) is 3.40. The SMILES string of the molecule is CCOC(=O)[C@@H]1[C@H]2C(=O)N([C@@H](CC)CO)C(C(=O)Nc3c(C)cccc3C)C23CC[C@H]1O3. The van der Waals surface area contributed by atoms with Crippen molar-refractivity contribution in [2.45, 2.75) is 70.7 Å². The number of hydrogen-bond acceptors (Lipinski definition) is 6. The van der Waals surface area contributed by atoms with E-state index >= 15 is 0 Å². The van der Waals surface area contributed by atoms with Gasteiger partial charge in [-0.25, -0.2) is 0 Å². The number of ether oxygens (including phenoxy) is 2. The van der Waals surface area contributed by atoms with Gasteiger partial charge in [-0.15, -0.1) is 0 Å². The van der Waals surface area contributed by atoms with Crippen molar-refractivity contribution in [1.82, 2.24) is 4.90 Å². The largest absolute Gasteiger partial charge is 0.466 e. The number of amides is 2. The highest BCUT2D eigenvalue weighted by molar-refractivity contribution is 6.04. The first-order chi connectivity index (χ1) is 15.3. The van der Waals surface area contributed by atoms with Crippen LogP contribution in [0.4, 0.5) is 5.69 Å². The minimum absolute atomic E-state index is 0.213. The van der Waals surface area contributed by atoms with Crippen LogP contribution >= 0.6 is 0 Å². The predicted octanol–water partition coefficient (Wildman–Crippen LogP) is 1.95. The predicted molar refractivity (Wildman–Crippen MR) is 117 cm³/mol. The van der Waals surface area contributed by atoms with Gasteiger partial charge in [-0.2, -0.15) is 0 Å². The van der Waals surface area contributed by atoms with Gasteiger partial charge >= 0.3 is 5.97 Å². The second kappa shape index (κ2) is 8.48. The number of nitrogens with one attached hydrogen (secondary N) is 1. The number of benzene rings is 1. The molecule has 2 amide bonds. The van der Waals surface area contributed by atoms with Gasteiger partial charge in [-0.05, 0) is 51.2 Å². The lowest BCUT2D eigenvalue weighted by Gasteiger charge is -2.36. The maximum Gasteiger partial charge on any atom is 0.312 e. The lowest BCUT2D eigenvalue weighted by atomic mass is 9.70. The van der Waals surface area contributed by atoms with Crippen LogP contribution in [-0.4, -0.2) is 64.8 Å². The van der Waals surface area contributed by atoms with Gasteiger partial charge in [0.05, 0.1) is 37.2 Å². The lowest BCUT2D eigenvalue weighted by Crippen LogP contribution is -2.56. The number of hydrogen-bond donors (Lipinski definition) is 2. The van der Waals surface area contributed by atoms with E-state index in [9.17, 15) is 19.5 Å². The number of aliphatic hydroxyl groups is 1. The molecule has 1 spiro atoms. The summed E-state index contributed by atoms with van der Waals surface area (Å²) >= 11 is 0. The maximum absolute atomic E-state index is 13.8. The van der Waals surface area contributed by atoms with E-state index in [1.807, 2.05) is 39.0 Å². The Hall–Kier alpha value is -2.45. The third-order valence-corrected chi connectivity index (χ3v) is 7.35. The second-order valence-corrected chi connectivity index (χ2v) is 9.05. The molecule has 0 aromatic heterocycles.